The Balaban J connectivity index is 1.15. The molecule has 4 rings (SSSR count). The summed E-state index contributed by atoms with van der Waals surface area (Å²) in [6.07, 6.45) is 4.18. The van der Waals surface area contributed by atoms with E-state index in [0.717, 1.165) is 30.5 Å². The number of rotatable bonds is 8. The van der Waals surface area contributed by atoms with Gasteiger partial charge in [-0.1, -0.05) is 54.6 Å². The van der Waals surface area contributed by atoms with Crippen LogP contribution in [-0.2, 0) is 22.5 Å². The summed E-state index contributed by atoms with van der Waals surface area (Å²) in [7, 11) is 1.43. The van der Waals surface area contributed by atoms with Gasteiger partial charge in [0.15, 0.2) is 0 Å². The van der Waals surface area contributed by atoms with Crippen molar-refractivity contribution in [3.8, 4) is 0 Å². The standard InChI is InChI=1S/C25H32N2O2/c1-29-25(28)15-19-7-9-21(10-8-19)18-27-13-11-20(12-14-27)17-26-24-16-23(24)22-5-3-2-4-6-22/h2-10,20,23-24,26H,11-18H2,1H3/t23-,24+/m0/s1. The van der Waals surface area contributed by atoms with E-state index in [1.807, 2.05) is 12.1 Å². The zero-order chi connectivity index (χ0) is 20.1. The van der Waals surface area contributed by atoms with Gasteiger partial charge in [-0.2, -0.15) is 0 Å². The lowest BCUT2D eigenvalue weighted by atomic mass is 9.96. The first-order valence-electron chi connectivity index (χ1n) is 10.9. The number of ether oxygens (including phenoxy) is 1. The predicted octanol–water partition coefficient (Wildman–Crippen LogP) is 3.76. The molecule has 4 nitrogen and oxygen atoms in total. The Morgan fingerprint density at radius 3 is 2.41 bits per heavy atom. The molecule has 0 amide bonds. The first-order valence-corrected chi connectivity index (χ1v) is 10.9. The van der Waals surface area contributed by atoms with Gasteiger partial charge in [-0.25, -0.2) is 0 Å². The van der Waals surface area contributed by atoms with Gasteiger partial charge in [0, 0.05) is 18.5 Å². The third kappa shape index (κ3) is 5.68. The number of hydrogen-bond donors (Lipinski definition) is 1. The predicted molar refractivity (Wildman–Crippen MR) is 116 cm³/mol. The molecule has 2 aromatic rings. The number of piperidine rings is 1. The van der Waals surface area contributed by atoms with Gasteiger partial charge in [0.2, 0.25) is 0 Å². The average molecular weight is 393 g/mol. The van der Waals surface area contributed by atoms with E-state index in [-0.39, 0.29) is 5.97 Å². The normalized spacial score (nSPS) is 22.4. The van der Waals surface area contributed by atoms with Gasteiger partial charge < -0.3 is 10.1 Å². The third-order valence-electron chi connectivity index (χ3n) is 6.40. The van der Waals surface area contributed by atoms with Crippen molar-refractivity contribution < 1.29 is 9.53 Å². The fourth-order valence-corrected chi connectivity index (χ4v) is 4.42. The van der Waals surface area contributed by atoms with E-state index in [1.54, 1.807) is 0 Å². The lowest BCUT2D eigenvalue weighted by molar-refractivity contribution is -0.139. The van der Waals surface area contributed by atoms with Gasteiger partial charge >= 0.3 is 5.97 Å². The van der Waals surface area contributed by atoms with Crippen LogP contribution in [0.1, 0.15) is 41.9 Å². The maximum absolute atomic E-state index is 11.4. The van der Waals surface area contributed by atoms with Crippen molar-refractivity contribution in [2.24, 2.45) is 5.92 Å². The van der Waals surface area contributed by atoms with Crippen LogP contribution in [0.25, 0.3) is 0 Å². The molecule has 0 unspecified atom stereocenters. The van der Waals surface area contributed by atoms with Gasteiger partial charge in [-0.15, -0.1) is 0 Å². The van der Waals surface area contributed by atoms with Crippen LogP contribution in [0.15, 0.2) is 54.6 Å². The van der Waals surface area contributed by atoms with Gasteiger partial charge in [0.25, 0.3) is 0 Å². The minimum atomic E-state index is -0.185. The molecule has 0 bridgehead atoms. The highest BCUT2D eigenvalue weighted by Crippen LogP contribution is 2.40. The summed E-state index contributed by atoms with van der Waals surface area (Å²) in [6, 6.07) is 20.0. The minimum Gasteiger partial charge on any atom is -0.469 e. The van der Waals surface area contributed by atoms with E-state index in [9.17, 15) is 4.79 Å². The molecule has 1 saturated heterocycles. The molecule has 29 heavy (non-hydrogen) atoms. The maximum atomic E-state index is 11.4. The smallest absolute Gasteiger partial charge is 0.309 e. The number of likely N-dealkylation sites (tertiary alicyclic amines) is 1. The van der Waals surface area contributed by atoms with Crippen LogP contribution in [0.4, 0.5) is 0 Å². The Morgan fingerprint density at radius 2 is 1.72 bits per heavy atom. The summed E-state index contributed by atoms with van der Waals surface area (Å²) in [5, 5.41) is 3.81. The van der Waals surface area contributed by atoms with E-state index in [2.05, 4.69) is 52.7 Å². The fourth-order valence-electron chi connectivity index (χ4n) is 4.42. The summed E-state index contributed by atoms with van der Waals surface area (Å²) in [6.45, 7) is 4.49. The van der Waals surface area contributed by atoms with Gasteiger partial charge in [0.05, 0.1) is 13.5 Å². The highest BCUT2D eigenvalue weighted by Gasteiger charge is 2.38. The molecule has 0 spiro atoms. The molecule has 2 aromatic carbocycles. The number of hydrogen-bond acceptors (Lipinski definition) is 4. The molecule has 0 aromatic heterocycles. The molecular formula is C25H32N2O2. The van der Waals surface area contributed by atoms with E-state index >= 15 is 0 Å². The summed E-state index contributed by atoms with van der Waals surface area (Å²) >= 11 is 0. The quantitative estimate of drug-likeness (QED) is 0.695. The van der Waals surface area contributed by atoms with Crippen LogP contribution in [0, 0.1) is 5.92 Å². The lowest BCUT2D eigenvalue weighted by Gasteiger charge is -2.32. The van der Waals surface area contributed by atoms with E-state index < -0.39 is 0 Å². The summed E-state index contributed by atoms with van der Waals surface area (Å²) in [5.74, 6) is 1.33. The molecule has 154 valence electrons. The summed E-state index contributed by atoms with van der Waals surface area (Å²) < 4.78 is 4.73. The van der Waals surface area contributed by atoms with E-state index in [0.29, 0.717) is 12.5 Å². The molecule has 0 radical (unpaired) electrons. The van der Waals surface area contributed by atoms with Crippen LogP contribution in [0.5, 0.6) is 0 Å². The SMILES string of the molecule is COC(=O)Cc1ccc(CN2CCC(CN[C@@H]3C[C@H]3c3ccccc3)CC2)cc1. The number of carbonyl (C=O) groups excluding carboxylic acids is 1. The van der Waals surface area contributed by atoms with Crippen molar-refractivity contribution >= 4 is 5.97 Å². The van der Waals surface area contributed by atoms with Crippen LogP contribution in [0.2, 0.25) is 0 Å². The highest BCUT2D eigenvalue weighted by molar-refractivity contribution is 5.72. The molecular weight excluding hydrogens is 360 g/mol. The van der Waals surface area contributed by atoms with Crippen LogP contribution >= 0.6 is 0 Å². The number of carbonyl (C=O) groups is 1. The van der Waals surface area contributed by atoms with Gasteiger partial charge in [-0.05, 0) is 61.5 Å². The zero-order valence-electron chi connectivity index (χ0n) is 17.3. The molecule has 2 atom stereocenters. The Morgan fingerprint density at radius 1 is 1.03 bits per heavy atom. The van der Waals surface area contributed by atoms with Crippen molar-refractivity contribution in [1.82, 2.24) is 10.2 Å². The highest BCUT2D eigenvalue weighted by atomic mass is 16.5. The molecule has 1 aliphatic heterocycles. The van der Waals surface area contributed by atoms with Crippen molar-refractivity contribution in [2.45, 2.75) is 44.2 Å². The maximum Gasteiger partial charge on any atom is 0.309 e. The first kappa shape index (κ1) is 20.1. The third-order valence-corrected chi connectivity index (χ3v) is 6.40. The zero-order valence-corrected chi connectivity index (χ0v) is 17.3. The van der Waals surface area contributed by atoms with Crippen LogP contribution in [-0.4, -0.2) is 43.7 Å². The average Bonchev–Trinajstić information content (AvgIpc) is 3.55. The largest absolute Gasteiger partial charge is 0.469 e. The van der Waals surface area contributed by atoms with Gasteiger partial charge in [0.1, 0.15) is 0 Å². The molecule has 1 heterocycles. The van der Waals surface area contributed by atoms with E-state index in [1.165, 1.54) is 50.6 Å². The Hall–Kier alpha value is -2.17. The number of methoxy groups -OCH3 is 1. The summed E-state index contributed by atoms with van der Waals surface area (Å²) in [4.78, 5) is 13.9. The van der Waals surface area contributed by atoms with Gasteiger partial charge in [-0.3, -0.25) is 9.69 Å². The molecule has 2 aliphatic rings. The molecule has 1 N–H and O–H groups in total. The topological polar surface area (TPSA) is 41.6 Å². The van der Waals surface area contributed by atoms with E-state index in [4.69, 9.17) is 4.74 Å². The fraction of sp³-hybridized carbons (Fsp3) is 0.480. The van der Waals surface area contributed by atoms with Crippen molar-refractivity contribution in [3.05, 3.63) is 71.3 Å². The van der Waals surface area contributed by atoms with Crippen molar-refractivity contribution in [3.63, 3.8) is 0 Å². The number of nitrogens with one attached hydrogen (secondary N) is 1. The molecule has 4 heteroatoms. The second kappa shape index (κ2) is 9.55. The second-order valence-electron chi connectivity index (χ2n) is 8.56. The Kier molecular flexibility index (Phi) is 6.63. The minimum absolute atomic E-state index is 0.185. The van der Waals surface area contributed by atoms with Crippen molar-refractivity contribution in [2.75, 3.05) is 26.7 Å². The molecule has 1 saturated carbocycles. The van der Waals surface area contributed by atoms with Crippen LogP contribution in [0.3, 0.4) is 0 Å². The number of esters is 1. The first-order chi connectivity index (χ1) is 14.2. The van der Waals surface area contributed by atoms with Crippen molar-refractivity contribution in [1.29, 1.82) is 0 Å². The summed E-state index contributed by atoms with van der Waals surface area (Å²) in [5.41, 5.74) is 3.82. The Labute approximate surface area is 174 Å². The monoisotopic (exact) mass is 392 g/mol. The lowest BCUT2D eigenvalue weighted by Crippen LogP contribution is -2.37. The molecule has 1 aliphatic carbocycles. The second-order valence-corrected chi connectivity index (χ2v) is 8.56. The van der Waals surface area contributed by atoms with Crippen LogP contribution < -0.4 is 5.32 Å². The Bertz CT molecular complexity index is 782. The number of nitrogens with zero attached hydrogens (tertiary/aromatic N) is 1. The molecule has 2 fully saturated rings. The number of benzene rings is 2.